The summed E-state index contributed by atoms with van der Waals surface area (Å²) in [5.41, 5.74) is 1.41. The van der Waals surface area contributed by atoms with E-state index in [1.165, 1.54) is 0 Å². The molecule has 0 bridgehead atoms. The van der Waals surface area contributed by atoms with Gasteiger partial charge >= 0.3 is 0 Å². The first-order valence-electron chi connectivity index (χ1n) is 13.3. The molecule has 2 aliphatic carbocycles. The van der Waals surface area contributed by atoms with E-state index in [4.69, 9.17) is 14.5 Å². The molecule has 5 rings (SSSR count). The summed E-state index contributed by atoms with van der Waals surface area (Å²) in [5.74, 6) is 1.10. The smallest absolute Gasteiger partial charge is 0.225 e. The van der Waals surface area contributed by atoms with Crippen molar-refractivity contribution in [2.75, 3.05) is 31.5 Å². The van der Waals surface area contributed by atoms with E-state index in [2.05, 4.69) is 17.6 Å². The number of ether oxygens (including phenoxy) is 2. The lowest BCUT2D eigenvalue weighted by Gasteiger charge is -2.58. The first kappa shape index (κ1) is 27.4. The van der Waals surface area contributed by atoms with Crippen molar-refractivity contribution in [2.24, 2.45) is 16.7 Å². The number of amides is 1. The summed E-state index contributed by atoms with van der Waals surface area (Å²) in [6.45, 7) is 4.07. The Bertz CT molecular complexity index is 1330. The van der Waals surface area contributed by atoms with Crippen LogP contribution < -0.4 is 20.1 Å². The average molecular weight is 552 g/mol. The summed E-state index contributed by atoms with van der Waals surface area (Å²) in [4.78, 5) is 19.5. The summed E-state index contributed by atoms with van der Waals surface area (Å²) < 4.78 is 10.9. The standard InChI is InChI=1S/C30H37N3O5S/c1-29-13-12-25(35)30(2,17-34)24(29)16-23-27(20(29)15-26(36)31-18-8-6-5-7-9-18)33-28(39-23)32-21-14-19(37-3)10-11-22(21)38-4/h5-11,14,20,24-25,34-35H,12-13,15-17H2,1-4H3,(H,31,36)(H,32,33)/t20?,24?,25?,29-,30-/m0/s1. The van der Waals surface area contributed by atoms with Gasteiger partial charge in [-0.15, -0.1) is 11.3 Å². The minimum atomic E-state index is -0.674. The number of hydrogen-bond donors (Lipinski definition) is 4. The van der Waals surface area contributed by atoms with Crippen molar-refractivity contribution in [3.05, 3.63) is 59.1 Å². The largest absolute Gasteiger partial charge is 0.497 e. The Labute approximate surface area is 233 Å². The van der Waals surface area contributed by atoms with Gasteiger partial charge in [-0.1, -0.05) is 32.0 Å². The van der Waals surface area contributed by atoms with Gasteiger partial charge in [0, 0.05) is 34.4 Å². The van der Waals surface area contributed by atoms with Crippen LogP contribution in [0.4, 0.5) is 16.5 Å². The molecule has 2 aliphatic rings. The molecule has 1 heterocycles. The normalized spacial score (nSPS) is 27.7. The van der Waals surface area contributed by atoms with Crippen molar-refractivity contribution in [1.82, 2.24) is 4.98 Å². The fourth-order valence-corrected chi connectivity index (χ4v) is 7.73. The van der Waals surface area contributed by atoms with Crippen molar-refractivity contribution in [2.45, 2.75) is 51.6 Å². The Hall–Kier alpha value is -3.14. The maximum atomic E-state index is 13.4. The minimum Gasteiger partial charge on any atom is -0.497 e. The molecule has 2 aromatic carbocycles. The van der Waals surface area contributed by atoms with Gasteiger partial charge in [0.05, 0.1) is 38.3 Å². The number of rotatable bonds is 8. The van der Waals surface area contributed by atoms with Crippen LogP contribution in [0.25, 0.3) is 0 Å². The van der Waals surface area contributed by atoms with Crippen LogP contribution in [-0.4, -0.2) is 48.0 Å². The molecule has 1 aromatic heterocycles. The number of carbonyl (C=O) groups is 1. The topological polar surface area (TPSA) is 113 Å². The number of para-hydroxylation sites is 1. The third kappa shape index (κ3) is 4.99. The fourth-order valence-electron chi connectivity index (χ4n) is 6.65. The number of thiazole rings is 1. The third-order valence-electron chi connectivity index (χ3n) is 8.99. The van der Waals surface area contributed by atoms with Gasteiger partial charge in [-0.25, -0.2) is 4.98 Å². The zero-order chi connectivity index (χ0) is 27.8. The highest BCUT2D eigenvalue weighted by Gasteiger charge is 2.59. The second-order valence-corrected chi connectivity index (χ2v) is 12.3. The number of aromatic nitrogens is 1. The highest BCUT2D eigenvalue weighted by Crippen LogP contribution is 2.63. The summed E-state index contributed by atoms with van der Waals surface area (Å²) in [7, 11) is 3.24. The number of hydrogen-bond acceptors (Lipinski definition) is 8. The summed E-state index contributed by atoms with van der Waals surface area (Å²) in [5, 5.41) is 28.7. The van der Waals surface area contributed by atoms with E-state index in [9.17, 15) is 15.0 Å². The Morgan fingerprint density at radius 1 is 1.15 bits per heavy atom. The monoisotopic (exact) mass is 551 g/mol. The maximum absolute atomic E-state index is 13.4. The van der Waals surface area contributed by atoms with E-state index >= 15 is 0 Å². The van der Waals surface area contributed by atoms with Gasteiger partial charge in [0.25, 0.3) is 0 Å². The first-order valence-corrected chi connectivity index (χ1v) is 14.2. The third-order valence-corrected chi connectivity index (χ3v) is 10.00. The Morgan fingerprint density at radius 2 is 1.92 bits per heavy atom. The quantitative estimate of drug-likeness (QED) is 0.299. The predicted molar refractivity (Wildman–Crippen MR) is 153 cm³/mol. The minimum absolute atomic E-state index is 0.0135. The van der Waals surface area contributed by atoms with Gasteiger partial charge in [0.15, 0.2) is 5.13 Å². The fraction of sp³-hybridized carbons (Fsp3) is 0.467. The molecular weight excluding hydrogens is 514 g/mol. The number of nitrogens with zero attached hydrogens (tertiary/aromatic N) is 1. The molecule has 3 unspecified atom stereocenters. The lowest BCUT2D eigenvalue weighted by molar-refractivity contribution is -0.143. The van der Waals surface area contributed by atoms with Crippen molar-refractivity contribution in [3.63, 3.8) is 0 Å². The van der Waals surface area contributed by atoms with Crippen molar-refractivity contribution < 1.29 is 24.5 Å². The molecule has 4 N–H and O–H groups in total. The number of methoxy groups -OCH3 is 2. The first-order chi connectivity index (χ1) is 18.7. The molecule has 208 valence electrons. The van der Waals surface area contributed by atoms with Crippen LogP contribution in [0, 0.1) is 16.7 Å². The number of benzene rings is 2. The zero-order valence-electron chi connectivity index (χ0n) is 22.9. The lowest BCUT2D eigenvalue weighted by Crippen LogP contribution is -2.57. The molecule has 9 heteroatoms. The molecule has 0 saturated heterocycles. The average Bonchev–Trinajstić information content (AvgIpc) is 3.34. The Morgan fingerprint density at radius 3 is 2.62 bits per heavy atom. The molecule has 1 saturated carbocycles. The molecule has 39 heavy (non-hydrogen) atoms. The van der Waals surface area contributed by atoms with E-state index in [0.29, 0.717) is 29.5 Å². The summed E-state index contributed by atoms with van der Waals surface area (Å²) in [6.07, 6.45) is 1.67. The summed E-state index contributed by atoms with van der Waals surface area (Å²) in [6, 6.07) is 15.0. The van der Waals surface area contributed by atoms with Crippen molar-refractivity contribution >= 4 is 33.8 Å². The van der Waals surface area contributed by atoms with Gasteiger partial charge in [-0.3, -0.25) is 4.79 Å². The van der Waals surface area contributed by atoms with Gasteiger partial charge in [-0.2, -0.15) is 0 Å². The molecular formula is C30H37N3O5S. The van der Waals surface area contributed by atoms with E-state index < -0.39 is 11.5 Å². The van der Waals surface area contributed by atoms with E-state index in [0.717, 1.165) is 28.4 Å². The highest BCUT2D eigenvalue weighted by molar-refractivity contribution is 7.15. The molecule has 0 radical (unpaired) electrons. The second kappa shape index (κ2) is 10.8. The second-order valence-electron chi connectivity index (χ2n) is 11.2. The molecule has 0 aliphatic heterocycles. The molecule has 0 spiro atoms. The number of carbonyl (C=O) groups excluding carboxylic acids is 1. The van der Waals surface area contributed by atoms with Crippen LogP contribution in [0.5, 0.6) is 11.5 Å². The van der Waals surface area contributed by atoms with Crippen LogP contribution in [0.2, 0.25) is 0 Å². The van der Waals surface area contributed by atoms with E-state index in [-0.39, 0.29) is 36.2 Å². The Balaban J connectivity index is 1.53. The number of fused-ring (bicyclic) bond motifs is 2. The van der Waals surface area contributed by atoms with Gasteiger partial charge in [0.1, 0.15) is 11.5 Å². The van der Waals surface area contributed by atoms with Crippen LogP contribution in [0.1, 0.15) is 49.6 Å². The zero-order valence-corrected chi connectivity index (χ0v) is 23.7. The molecule has 1 fully saturated rings. The van der Waals surface area contributed by atoms with Crippen LogP contribution in [-0.2, 0) is 11.2 Å². The molecule has 8 nitrogen and oxygen atoms in total. The SMILES string of the molecule is COc1ccc(OC)c(Nc2nc3c(s2)CC2[C@@](C)(CCC(O)[C@@]2(C)CO)C3CC(=O)Nc2ccccc2)c1. The maximum Gasteiger partial charge on any atom is 0.225 e. The van der Waals surface area contributed by atoms with Crippen molar-refractivity contribution in [1.29, 1.82) is 0 Å². The molecule has 5 atom stereocenters. The number of anilines is 3. The van der Waals surface area contributed by atoms with Crippen LogP contribution in [0.15, 0.2) is 48.5 Å². The van der Waals surface area contributed by atoms with E-state index in [1.807, 2.05) is 55.5 Å². The van der Waals surface area contributed by atoms with Crippen molar-refractivity contribution in [3.8, 4) is 11.5 Å². The highest BCUT2D eigenvalue weighted by atomic mass is 32.1. The van der Waals surface area contributed by atoms with Gasteiger partial charge < -0.3 is 30.3 Å². The number of nitrogens with one attached hydrogen (secondary N) is 2. The molecule has 3 aromatic rings. The van der Waals surface area contributed by atoms with Crippen LogP contribution in [0.3, 0.4) is 0 Å². The summed E-state index contributed by atoms with van der Waals surface area (Å²) >= 11 is 1.55. The lowest BCUT2D eigenvalue weighted by atomic mass is 9.47. The number of aliphatic hydroxyl groups is 2. The van der Waals surface area contributed by atoms with Crippen LogP contribution >= 0.6 is 11.3 Å². The predicted octanol–water partition coefficient (Wildman–Crippen LogP) is 5.35. The molecule has 1 amide bonds. The Kier molecular flexibility index (Phi) is 7.59. The van der Waals surface area contributed by atoms with Gasteiger partial charge in [-0.05, 0) is 54.9 Å². The number of aliphatic hydroxyl groups excluding tert-OH is 2. The van der Waals surface area contributed by atoms with Gasteiger partial charge in [0.2, 0.25) is 5.91 Å². The van der Waals surface area contributed by atoms with E-state index in [1.54, 1.807) is 25.6 Å².